The average Bonchev–Trinajstić information content (AvgIpc) is 2.69. The highest BCUT2D eigenvalue weighted by Gasteiger charge is 2.33. The molecule has 2 saturated carbocycles. The summed E-state index contributed by atoms with van der Waals surface area (Å²) in [6, 6.07) is 2.69. The lowest BCUT2D eigenvalue weighted by Crippen LogP contribution is -2.41. The second-order valence-corrected chi connectivity index (χ2v) is 5.01. The van der Waals surface area contributed by atoms with Crippen LogP contribution >= 0.6 is 0 Å². The zero-order valence-electron chi connectivity index (χ0n) is 8.34. The van der Waals surface area contributed by atoms with Crippen LogP contribution in [0.2, 0.25) is 0 Å². The van der Waals surface area contributed by atoms with Crippen molar-refractivity contribution in [3.8, 4) is 0 Å². The van der Waals surface area contributed by atoms with E-state index in [4.69, 9.17) is 0 Å². The van der Waals surface area contributed by atoms with E-state index >= 15 is 0 Å². The van der Waals surface area contributed by atoms with Gasteiger partial charge in [-0.1, -0.05) is 6.42 Å². The zero-order valence-corrected chi connectivity index (χ0v) is 8.34. The molecule has 13 heavy (non-hydrogen) atoms. The predicted octanol–water partition coefficient (Wildman–Crippen LogP) is 1.37. The normalized spacial score (nSPS) is 36.5. The van der Waals surface area contributed by atoms with Crippen LogP contribution in [0.5, 0.6) is 0 Å². The third-order valence-electron chi connectivity index (χ3n) is 3.86. The molecular weight excluding hydrogens is 160 g/mol. The van der Waals surface area contributed by atoms with Gasteiger partial charge in [-0.05, 0) is 32.1 Å². The second kappa shape index (κ2) is 3.25. The smallest absolute Gasteiger partial charge is 0.0209 e. The van der Waals surface area contributed by atoms with Crippen LogP contribution in [0, 0.1) is 0 Å². The summed E-state index contributed by atoms with van der Waals surface area (Å²) in [5, 5.41) is 3.74. The van der Waals surface area contributed by atoms with E-state index in [1.54, 1.807) is 0 Å². The Bertz CT molecular complexity index is 185. The molecule has 0 bridgehead atoms. The van der Waals surface area contributed by atoms with Gasteiger partial charge >= 0.3 is 0 Å². The van der Waals surface area contributed by atoms with Crippen LogP contribution in [0.3, 0.4) is 0 Å². The summed E-state index contributed by atoms with van der Waals surface area (Å²) in [6.45, 7) is 2.69. The fourth-order valence-corrected chi connectivity index (χ4v) is 2.59. The van der Waals surface area contributed by atoms with Crippen molar-refractivity contribution >= 4 is 0 Å². The number of nitrogens with one attached hydrogen (secondary N) is 1. The Kier molecular flexibility index (Phi) is 2.06. The SMILES string of the molecule is C1CC(N2CCC(NC3CC3)C2)C1. The average molecular weight is 180 g/mol. The summed E-state index contributed by atoms with van der Waals surface area (Å²) in [7, 11) is 0. The quantitative estimate of drug-likeness (QED) is 0.705. The Morgan fingerprint density at radius 2 is 1.77 bits per heavy atom. The van der Waals surface area contributed by atoms with Gasteiger partial charge in [0.05, 0.1) is 0 Å². The third-order valence-corrected chi connectivity index (χ3v) is 3.86. The van der Waals surface area contributed by atoms with E-state index in [0.717, 1.165) is 18.1 Å². The molecule has 1 aliphatic heterocycles. The molecule has 74 valence electrons. The molecule has 0 aromatic carbocycles. The van der Waals surface area contributed by atoms with E-state index < -0.39 is 0 Å². The number of hydrogen-bond donors (Lipinski definition) is 1. The highest BCUT2D eigenvalue weighted by molar-refractivity contribution is 4.92. The predicted molar refractivity (Wildman–Crippen MR) is 53.8 cm³/mol. The first-order valence-corrected chi connectivity index (χ1v) is 5.92. The Labute approximate surface area is 80.7 Å². The third kappa shape index (κ3) is 1.75. The van der Waals surface area contributed by atoms with Gasteiger partial charge in [0.2, 0.25) is 0 Å². The number of rotatable bonds is 3. The van der Waals surface area contributed by atoms with Gasteiger partial charge in [-0.25, -0.2) is 0 Å². The fourth-order valence-electron chi connectivity index (χ4n) is 2.59. The lowest BCUT2D eigenvalue weighted by Gasteiger charge is -2.34. The molecular formula is C11H20N2. The summed E-state index contributed by atoms with van der Waals surface area (Å²) in [4.78, 5) is 2.71. The number of nitrogens with zero attached hydrogens (tertiary/aromatic N) is 1. The van der Waals surface area contributed by atoms with Crippen LogP contribution in [0.4, 0.5) is 0 Å². The lowest BCUT2D eigenvalue weighted by molar-refractivity contribution is 0.155. The molecule has 3 fully saturated rings. The molecule has 2 aliphatic carbocycles. The monoisotopic (exact) mass is 180 g/mol. The van der Waals surface area contributed by atoms with Crippen LogP contribution in [-0.2, 0) is 0 Å². The van der Waals surface area contributed by atoms with Crippen LogP contribution in [0.15, 0.2) is 0 Å². The van der Waals surface area contributed by atoms with Gasteiger partial charge in [-0.2, -0.15) is 0 Å². The number of likely N-dealkylation sites (tertiary alicyclic amines) is 1. The molecule has 1 atom stereocenters. The van der Waals surface area contributed by atoms with Crippen molar-refractivity contribution < 1.29 is 0 Å². The van der Waals surface area contributed by atoms with Crippen molar-refractivity contribution in [2.75, 3.05) is 13.1 Å². The molecule has 2 nitrogen and oxygen atoms in total. The molecule has 2 heteroatoms. The van der Waals surface area contributed by atoms with E-state index in [9.17, 15) is 0 Å². The first-order chi connectivity index (χ1) is 6.42. The van der Waals surface area contributed by atoms with E-state index in [1.807, 2.05) is 0 Å². The summed E-state index contributed by atoms with van der Waals surface area (Å²) >= 11 is 0. The standard InChI is InChI=1S/C11H20N2/c1-2-11(3-1)13-7-6-10(8-13)12-9-4-5-9/h9-12H,1-8H2. The summed E-state index contributed by atoms with van der Waals surface area (Å²) in [5.41, 5.74) is 0. The number of hydrogen-bond acceptors (Lipinski definition) is 2. The molecule has 1 unspecified atom stereocenters. The van der Waals surface area contributed by atoms with Crippen molar-refractivity contribution in [1.29, 1.82) is 0 Å². The second-order valence-electron chi connectivity index (χ2n) is 5.01. The highest BCUT2D eigenvalue weighted by Crippen LogP contribution is 2.29. The Hall–Kier alpha value is -0.0800. The van der Waals surface area contributed by atoms with Crippen LogP contribution in [0.25, 0.3) is 0 Å². The van der Waals surface area contributed by atoms with Gasteiger partial charge in [0.15, 0.2) is 0 Å². The maximum atomic E-state index is 3.74. The minimum absolute atomic E-state index is 0.827. The summed E-state index contributed by atoms with van der Waals surface area (Å²) < 4.78 is 0. The minimum Gasteiger partial charge on any atom is -0.310 e. The van der Waals surface area contributed by atoms with Crippen LogP contribution in [0.1, 0.15) is 38.5 Å². The maximum absolute atomic E-state index is 3.74. The van der Waals surface area contributed by atoms with Crippen molar-refractivity contribution in [3.05, 3.63) is 0 Å². The molecule has 0 amide bonds. The molecule has 3 aliphatic rings. The molecule has 3 rings (SSSR count). The van der Waals surface area contributed by atoms with E-state index in [-0.39, 0.29) is 0 Å². The van der Waals surface area contributed by atoms with Crippen molar-refractivity contribution in [1.82, 2.24) is 10.2 Å². The molecule has 1 saturated heterocycles. The van der Waals surface area contributed by atoms with Crippen molar-refractivity contribution in [2.24, 2.45) is 0 Å². The van der Waals surface area contributed by atoms with E-state index in [2.05, 4.69) is 10.2 Å². The molecule has 0 radical (unpaired) electrons. The molecule has 0 aromatic rings. The van der Waals surface area contributed by atoms with Crippen molar-refractivity contribution in [3.63, 3.8) is 0 Å². The van der Waals surface area contributed by atoms with Gasteiger partial charge < -0.3 is 5.32 Å². The first-order valence-electron chi connectivity index (χ1n) is 5.92. The van der Waals surface area contributed by atoms with Crippen LogP contribution < -0.4 is 5.32 Å². The van der Waals surface area contributed by atoms with E-state index in [0.29, 0.717) is 0 Å². The molecule has 0 spiro atoms. The molecule has 1 N–H and O–H groups in total. The van der Waals surface area contributed by atoms with E-state index in [1.165, 1.54) is 51.6 Å². The Morgan fingerprint density at radius 3 is 2.38 bits per heavy atom. The van der Waals surface area contributed by atoms with Gasteiger partial charge in [0.1, 0.15) is 0 Å². The zero-order chi connectivity index (χ0) is 8.67. The van der Waals surface area contributed by atoms with Gasteiger partial charge in [-0.15, -0.1) is 0 Å². The summed E-state index contributed by atoms with van der Waals surface area (Å²) in [6.07, 6.45) is 8.67. The van der Waals surface area contributed by atoms with Gasteiger partial charge in [-0.3, -0.25) is 4.90 Å². The van der Waals surface area contributed by atoms with Gasteiger partial charge in [0.25, 0.3) is 0 Å². The lowest BCUT2D eigenvalue weighted by atomic mass is 9.92. The highest BCUT2D eigenvalue weighted by atomic mass is 15.2. The largest absolute Gasteiger partial charge is 0.310 e. The minimum atomic E-state index is 0.827. The van der Waals surface area contributed by atoms with Gasteiger partial charge in [0, 0.05) is 31.2 Å². The first kappa shape index (κ1) is 8.25. The topological polar surface area (TPSA) is 15.3 Å². The molecule has 1 heterocycles. The van der Waals surface area contributed by atoms with Crippen molar-refractivity contribution in [2.45, 2.75) is 56.7 Å². The fraction of sp³-hybridized carbons (Fsp3) is 1.00. The summed E-state index contributed by atoms with van der Waals surface area (Å²) in [5.74, 6) is 0. The van der Waals surface area contributed by atoms with Crippen LogP contribution in [-0.4, -0.2) is 36.1 Å². The maximum Gasteiger partial charge on any atom is 0.0209 e. The molecule has 0 aromatic heterocycles. The Morgan fingerprint density at radius 1 is 0.923 bits per heavy atom. The Balaban J connectivity index is 1.46.